The fourth-order valence-electron chi connectivity index (χ4n) is 6.37. The van der Waals surface area contributed by atoms with Crippen molar-refractivity contribution in [3.8, 4) is 0 Å². The fraction of sp³-hybridized carbons (Fsp3) is 0.500. The Labute approximate surface area is 200 Å². The summed E-state index contributed by atoms with van der Waals surface area (Å²) in [5, 5.41) is 0. The maximum atomic E-state index is 13.8. The van der Waals surface area contributed by atoms with Crippen LogP contribution in [0, 0.1) is 5.82 Å². The van der Waals surface area contributed by atoms with E-state index in [4.69, 9.17) is 4.74 Å². The lowest BCUT2D eigenvalue weighted by molar-refractivity contribution is -0.142. The van der Waals surface area contributed by atoms with Gasteiger partial charge in [0.25, 0.3) is 0 Å². The molecule has 0 bridgehead atoms. The lowest BCUT2D eigenvalue weighted by atomic mass is 9.76. The van der Waals surface area contributed by atoms with E-state index in [-0.39, 0.29) is 29.3 Å². The van der Waals surface area contributed by atoms with E-state index in [2.05, 4.69) is 12.1 Å². The van der Waals surface area contributed by atoms with Gasteiger partial charge < -0.3 is 14.5 Å². The van der Waals surface area contributed by atoms with Crippen molar-refractivity contribution in [2.24, 2.45) is 0 Å². The summed E-state index contributed by atoms with van der Waals surface area (Å²) in [5.74, 6) is -0.132. The Morgan fingerprint density at radius 1 is 0.971 bits per heavy atom. The van der Waals surface area contributed by atoms with E-state index in [9.17, 15) is 14.0 Å². The zero-order valence-corrected chi connectivity index (χ0v) is 19.8. The fourth-order valence-corrected chi connectivity index (χ4v) is 6.37. The first kappa shape index (κ1) is 23.0. The van der Waals surface area contributed by atoms with Gasteiger partial charge in [-0.25, -0.2) is 4.39 Å². The Bertz CT molecular complexity index is 1030. The van der Waals surface area contributed by atoms with Crippen LogP contribution in [-0.2, 0) is 19.7 Å². The Kier molecular flexibility index (Phi) is 6.19. The molecule has 3 aliphatic rings. The van der Waals surface area contributed by atoms with Gasteiger partial charge in [0, 0.05) is 25.7 Å². The molecule has 1 aliphatic carbocycles. The van der Waals surface area contributed by atoms with Crippen molar-refractivity contribution in [2.45, 2.75) is 68.9 Å². The van der Waals surface area contributed by atoms with Crippen LogP contribution in [0.25, 0.3) is 0 Å². The van der Waals surface area contributed by atoms with Gasteiger partial charge in [-0.05, 0) is 61.9 Å². The van der Waals surface area contributed by atoms with Crippen LogP contribution in [0.4, 0.5) is 10.1 Å². The third-order valence-corrected chi connectivity index (χ3v) is 8.15. The minimum Gasteiger partial charge on any atom is -0.373 e. The molecular formula is C28H33FN2O3. The number of nitrogens with zero attached hydrogens (tertiary/aromatic N) is 2. The van der Waals surface area contributed by atoms with E-state index in [0.29, 0.717) is 25.4 Å². The van der Waals surface area contributed by atoms with Crippen LogP contribution in [0.2, 0.25) is 0 Å². The SMILES string of the molecule is CC(=O)N(c1ccc(F)cc1)C1COC2(CCN(C(=O)C3(c4ccccc4)CCCC3)CC2)C1. The third kappa shape index (κ3) is 4.13. The smallest absolute Gasteiger partial charge is 0.233 e. The van der Waals surface area contributed by atoms with Crippen molar-refractivity contribution in [3.05, 3.63) is 66.0 Å². The van der Waals surface area contributed by atoms with E-state index < -0.39 is 5.41 Å². The molecule has 0 aromatic heterocycles. The number of likely N-dealkylation sites (tertiary alicyclic amines) is 1. The molecule has 2 aliphatic heterocycles. The van der Waals surface area contributed by atoms with E-state index in [0.717, 1.165) is 50.5 Å². The van der Waals surface area contributed by atoms with Gasteiger partial charge in [-0.15, -0.1) is 0 Å². The number of piperidine rings is 1. The molecule has 0 N–H and O–H groups in total. The van der Waals surface area contributed by atoms with Crippen molar-refractivity contribution < 1.29 is 18.7 Å². The number of carbonyl (C=O) groups excluding carboxylic acids is 2. The van der Waals surface area contributed by atoms with Crippen molar-refractivity contribution >= 4 is 17.5 Å². The number of carbonyl (C=O) groups is 2. The average molecular weight is 465 g/mol. The summed E-state index contributed by atoms with van der Waals surface area (Å²) < 4.78 is 19.7. The molecule has 5 nitrogen and oxygen atoms in total. The van der Waals surface area contributed by atoms with Crippen LogP contribution < -0.4 is 4.90 Å². The first-order chi connectivity index (χ1) is 16.4. The normalized spacial score (nSPS) is 23.2. The van der Waals surface area contributed by atoms with E-state index in [1.165, 1.54) is 12.1 Å². The Balaban J connectivity index is 1.27. The number of hydrogen-bond acceptors (Lipinski definition) is 3. The lowest BCUT2D eigenvalue weighted by Gasteiger charge is -2.42. The molecule has 1 spiro atoms. The minimum absolute atomic E-state index is 0.0732. The predicted molar refractivity (Wildman–Crippen MR) is 129 cm³/mol. The Morgan fingerprint density at radius 3 is 2.24 bits per heavy atom. The van der Waals surface area contributed by atoms with Gasteiger partial charge in [-0.3, -0.25) is 9.59 Å². The van der Waals surface area contributed by atoms with Gasteiger partial charge in [0.15, 0.2) is 0 Å². The highest BCUT2D eigenvalue weighted by Crippen LogP contribution is 2.45. The topological polar surface area (TPSA) is 49.9 Å². The molecule has 1 unspecified atom stereocenters. The van der Waals surface area contributed by atoms with E-state index in [1.54, 1.807) is 24.0 Å². The second-order valence-electron chi connectivity index (χ2n) is 10.2. The van der Waals surface area contributed by atoms with Gasteiger partial charge in [-0.1, -0.05) is 43.2 Å². The number of anilines is 1. The van der Waals surface area contributed by atoms with Crippen LogP contribution in [0.3, 0.4) is 0 Å². The lowest BCUT2D eigenvalue weighted by Crippen LogP contribution is -2.52. The molecule has 2 heterocycles. The van der Waals surface area contributed by atoms with Gasteiger partial charge in [0.1, 0.15) is 5.82 Å². The minimum atomic E-state index is -0.390. The Morgan fingerprint density at radius 2 is 1.62 bits per heavy atom. The van der Waals surface area contributed by atoms with Gasteiger partial charge in [0.05, 0.1) is 23.7 Å². The molecule has 3 fully saturated rings. The van der Waals surface area contributed by atoms with Gasteiger partial charge in [0.2, 0.25) is 11.8 Å². The highest BCUT2D eigenvalue weighted by molar-refractivity contribution is 5.92. The standard InChI is InChI=1S/C28H33FN2O3/c1-21(32)31(24-11-9-23(29)10-12-24)25-19-27(34-20-25)15-17-30(18-16-27)26(33)28(13-5-6-14-28)22-7-3-2-4-8-22/h2-4,7-12,25H,5-6,13-20H2,1H3. The van der Waals surface area contributed by atoms with E-state index in [1.807, 2.05) is 23.1 Å². The Hall–Kier alpha value is -2.73. The van der Waals surface area contributed by atoms with Crippen LogP contribution >= 0.6 is 0 Å². The summed E-state index contributed by atoms with van der Waals surface area (Å²) in [5.41, 5.74) is 1.13. The second-order valence-corrected chi connectivity index (χ2v) is 10.2. The molecule has 180 valence electrons. The van der Waals surface area contributed by atoms with Crippen molar-refractivity contribution in [2.75, 3.05) is 24.6 Å². The van der Waals surface area contributed by atoms with Crippen LogP contribution in [0.1, 0.15) is 57.4 Å². The summed E-state index contributed by atoms with van der Waals surface area (Å²) in [6.07, 6.45) is 6.30. The number of rotatable bonds is 4. The maximum absolute atomic E-state index is 13.8. The van der Waals surface area contributed by atoms with Crippen LogP contribution in [0.5, 0.6) is 0 Å². The average Bonchev–Trinajstić information content (AvgIpc) is 3.50. The molecule has 1 saturated carbocycles. The molecule has 6 heteroatoms. The summed E-state index contributed by atoms with van der Waals surface area (Å²) in [6, 6.07) is 16.2. The number of hydrogen-bond donors (Lipinski definition) is 0. The molecule has 2 aromatic carbocycles. The number of ether oxygens (including phenoxy) is 1. The van der Waals surface area contributed by atoms with E-state index >= 15 is 0 Å². The molecule has 2 aromatic rings. The summed E-state index contributed by atoms with van der Waals surface area (Å²) in [4.78, 5) is 30.0. The number of benzene rings is 2. The summed E-state index contributed by atoms with van der Waals surface area (Å²) in [7, 11) is 0. The molecule has 2 saturated heterocycles. The number of halogens is 1. The zero-order chi connectivity index (χ0) is 23.8. The third-order valence-electron chi connectivity index (χ3n) is 8.15. The second kappa shape index (κ2) is 9.14. The molecule has 5 rings (SSSR count). The van der Waals surface area contributed by atoms with Crippen molar-refractivity contribution in [1.82, 2.24) is 4.90 Å². The van der Waals surface area contributed by atoms with Crippen LogP contribution in [-0.4, -0.2) is 48.1 Å². The molecule has 0 radical (unpaired) electrons. The first-order valence-corrected chi connectivity index (χ1v) is 12.5. The summed E-state index contributed by atoms with van der Waals surface area (Å²) in [6.45, 7) is 3.35. The largest absolute Gasteiger partial charge is 0.373 e. The molecule has 1 atom stereocenters. The monoisotopic (exact) mass is 464 g/mol. The van der Waals surface area contributed by atoms with Gasteiger partial charge >= 0.3 is 0 Å². The first-order valence-electron chi connectivity index (χ1n) is 12.5. The van der Waals surface area contributed by atoms with Crippen LogP contribution in [0.15, 0.2) is 54.6 Å². The predicted octanol–water partition coefficient (Wildman–Crippen LogP) is 4.84. The van der Waals surface area contributed by atoms with Crippen molar-refractivity contribution in [1.29, 1.82) is 0 Å². The molecule has 2 amide bonds. The summed E-state index contributed by atoms with van der Waals surface area (Å²) >= 11 is 0. The number of amides is 2. The highest BCUT2D eigenvalue weighted by Gasteiger charge is 2.49. The molecule has 34 heavy (non-hydrogen) atoms. The van der Waals surface area contributed by atoms with Gasteiger partial charge in [-0.2, -0.15) is 0 Å². The quantitative estimate of drug-likeness (QED) is 0.651. The zero-order valence-electron chi connectivity index (χ0n) is 19.8. The molecular weight excluding hydrogens is 431 g/mol. The highest BCUT2D eigenvalue weighted by atomic mass is 19.1. The van der Waals surface area contributed by atoms with Crippen molar-refractivity contribution in [3.63, 3.8) is 0 Å². The maximum Gasteiger partial charge on any atom is 0.233 e.